The van der Waals surface area contributed by atoms with Crippen LogP contribution >= 0.6 is 0 Å². The molecule has 0 unspecified atom stereocenters. The van der Waals surface area contributed by atoms with Crippen LogP contribution in [-0.2, 0) is 4.74 Å². The minimum Gasteiger partial charge on any atom is -0.380 e. The highest BCUT2D eigenvalue weighted by molar-refractivity contribution is 5.39. The van der Waals surface area contributed by atoms with Gasteiger partial charge in [-0.1, -0.05) is 0 Å². The van der Waals surface area contributed by atoms with E-state index in [0.717, 1.165) is 12.2 Å². The molecule has 6 heteroatoms. The molecule has 0 aliphatic heterocycles. The molecule has 0 aromatic carbocycles. The molecule has 6 nitrogen and oxygen atoms in total. The van der Waals surface area contributed by atoms with E-state index in [1.54, 1.807) is 29.3 Å². The molecule has 96 valence electrons. The van der Waals surface area contributed by atoms with Crippen LogP contribution in [0.1, 0.15) is 13.8 Å². The zero-order valence-electron chi connectivity index (χ0n) is 10.6. The van der Waals surface area contributed by atoms with E-state index in [-0.39, 0.29) is 6.10 Å². The summed E-state index contributed by atoms with van der Waals surface area (Å²) in [5.74, 6) is 0.559. The number of nitrogens with one attached hydrogen (secondary N) is 1. The summed E-state index contributed by atoms with van der Waals surface area (Å²) in [6, 6.07) is 1.77. The Morgan fingerprint density at radius 2 is 2.11 bits per heavy atom. The van der Waals surface area contributed by atoms with E-state index in [0.29, 0.717) is 12.6 Å². The summed E-state index contributed by atoms with van der Waals surface area (Å²) < 4.78 is 7.07. The SMILES string of the molecule is CC(C)OCCNc1cnn(-c2ncccn2)c1. The van der Waals surface area contributed by atoms with Gasteiger partial charge in [-0.3, -0.25) is 0 Å². The molecule has 1 N–H and O–H groups in total. The van der Waals surface area contributed by atoms with Crippen molar-refractivity contribution in [3.63, 3.8) is 0 Å². The largest absolute Gasteiger partial charge is 0.380 e. The van der Waals surface area contributed by atoms with Gasteiger partial charge in [-0.05, 0) is 19.9 Å². The van der Waals surface area contributed by atoms with Crippen LogP contribution in [0.15, 0.2) is 30.9 Å². The van der Waals surface area contributed by atoms with Crippen molar-refractivity contribution >= 4 is 5.69 Å². The van der Waals surface area contributed by atoms with Gasteiger partial charge in [0, 0.05) is 18.9 Å². The van der Waals surface area contributed by atoms with E-state index in [4.69, 9.17) is 4.74 Å². The van der Waals surface area contributed by atoms with Crippen molar-refractivity contribution in [2.24, 2.45) is 0 Å². The van der Waals surface area contributed by atoms with Gasteiger partial charge in [-0.15, -0.1) is 0 Å². The summed E-state index contributed by atoms with van der Waals surface area (Å²) in [7, 11) is 0. The van der Waals surface area contributed by atoms with Crippen LogP contribution in [0, 0.1) is 0 Å². The summed E-state index contributed by atoms with van der Waals surface area (Å²) >= 11 is 0. The van der Waals surface area contributed by atoms with Gasteiger partial charge >= 0.3 is 0 Å². The number of hydrogen-bond donors (Lipinski definition) is 1. The molecule has 18 heavy (non-hydrogen) atoms. The Hall–Kier alpha value is -1.95. The molecule has 0 saturated carbocycles. The summed E-state index contributed by atoms with van der Waals surface area (Å²) in [6.07, 6.45) is 7.23. The quantitative estimate of drug-likeness (QED) is 0.784. The molecule has 2 aromatic heterocycles. The summed E-state index contributed by atoms with van der Waals surface area (Å²) in [4.78, 5) is 8.24. The van der Waals surface area contributed by atoms with Crippen molar-refractivity contribution in [3.05, 3.63) is 30.9 Å². The van der Waals surface area contributed by atoms with Crippen molar-refractivity contribution in [1.29, 1.82) is 0 Å². The van der Waals surface area contributed by atoms with Crippen molar-refractivity contribution in [2.45, 2.75) is 20.0 Å². The van der Waals surface area contributed by atoms with E-state index in [2.05, 4.69) is 20.4 Å². The average Bonchev–Trinajstić information content (AvgIpc) is 2.84. The standard InChI is InChI=1S/C12H17N5O/c1-10(2)18-7-6-13-11-8-16-17(9-11)12-14-4-3-5-15-12/h3-5,8-10,13H,6-7H2,1-2H3. The Balaban J connectivity index is 1.87. The van der Waals surface area contributed by atoms with Gasteiger partial charge in [0.15, 0.2) is 0 Å². The Morgan fingerprint density at radius 3 is 2.83 bits per heavy atom. The average molecular weight is 247 g/mol. The maximum absolute atomic E-state index is 5.44. The number of rotatable bonds is 6. The first-order valence-electron chi connectivity index (χ1n) is 5.93. The van der Waals surface area contributed by atoms with Crippen LogP contribution in [-0.4, -0.2) is 39.0 Å². The van der Waals surface area contributed by atoms with Crippen LogP contribution in [0.25, 0.3) is 5.95 Å². The molecule has 0 amide bonds. The molecular formula is C12H17N5O. The smallest absolute Gasteiger partial charge is 0.250 e. The van der Waals surface area contributed by atoms with E-state index in [9.17, 15) is 0 Å². The predicted molar refractivity (Wildman–Crippen MR) is 68.7 cm³/mol. The highest BCUT2D eigenvalue weighted by Crippen LogP contribution is 2.07. The third-order valence-corrected chi connectivity index (χ3v) is 2.22. The van der Waals surface area contributed by atoms with E-state index in [1.165, 1.54) is 0 Å². The van der Waals surface area contributed by atoms with Gasteiger partial charge in [0.1, 0.15) is 0 Å². The van der Waals surface area contributed by atoms with Crippen LogP contribution in [0.2, 0.25) is 0 Å². The molecule has 0 bridgehead atoms. The monoisotopic (exact) mass is 247 g/mol. The molecule has 0 atom stereocenters. The van der Waals surface area contributed by atoms with Crippen molar-refractivity contribution in [1.82, 2.24) is 19.7 Å². The molecule has 2 rings (SSSR count). The minimum atomic E-state index is 0.257. The summed E-state index contributed by atoms with van der Waals surface area (Å²) in [5, 5.41) is 7.41. The molecular weight excluding hydrogens is 230 g/mol. The number of nitrogens with zero attached hydrogens (tertiary/aromatic N) is 4. The maximum atomic E-state index is 5.44. The highest BCUT2D eigenvalue weighted by Gasteiger charge is 2.02. The predicted octanol–water partition coefficient (Wildman–Crippen LogP) is 1.50. The first kappa shape index (κ1) is 12.5. The first-order valence-corrected chi connectivity index (χ1v) is 5.93. The normalized spacial score (nSPS) is 10.8. The van der Waals surface area contributed by atoms with Crippen molar-refractivity contribution in [3.8, 4) is 5.95 Å². The van der Waals surface area contributed by atoms with E-state index < -0.39 is 0 Å². The third-order valence-electron chi connectivity index (χ3n) is 2.22. The lowest BCUT2D eigenvalue weighted by Crippen LogP contribution is -2.12. The van der Waals surface area contributed by atoms with Crippen LogP contribution < -0.4 is 5.32 Å². The Bertz CT molecular complexity index is 468. The Kier molecular flexibility index (Phi) is 4.25. The van der Waals surface area contributed by atoms with Gasteiger partial charge in [-0.25, -0.2) is 14.6 Å². The van der Waals surface area contributed by atoms with Gasteiger partial charge in [0.05, 0.1) is 30.8 Å². The Labute approximate surface area is 106 Å². The zero-order valence-corrected chi connectivity index (χ0v) is 10.6. The van der Waals surface area contributed by atoms with Crippen LogP contribution in [0.5, 0.6) is 0 Å². The van der Waals surface area contributed by atoms with Crippen LogP contribution in [0.3, 0.4) is 0 Å². The first-order chi connectivity index (χ1) is 8.75. The molecule has 0 fully saturated rings. The second-order valence-corrected chi connectivity index (χ2v) is 4.07. The van der Waals surface area contributed by atoms with Gasteiger partial charge in [0.2, 0.25) is 5.95 Å². The highest BCUT2D eigenvalue weighted by atomic mass is 16.5. The molecule has 0 radical (unpaired) electrons. The topological polar surface area (TPSA) is 64.9 Å². The van der Waals surface area contributed by atoms with E-state index >= 15 is 0 Å². The Morgan fingerprint density at radius 1 is 1.33 bits per heavy atom. The number of aromatic nitrogens is 4. The molecule has 0 aliphatic carbocycles. The second kappa shape index (κ2) is 6.11. The fraction of sp³-hybridized carbons (Fsp3) is 0.417. The van der Waals surface area contributed by atoms with Crippen molar-refractivity contribution < 1.29 is 4.74 Å². The minimum absolute atomic E-state index is 0.257. The summed E-state index contributed by atoms with van der Waals surface area (Å²) in [5.41, 5.74) is 0.926. The zero-order chi connectivity index (χ0) is 12.8. The molecule has 0 aliphatic rings. The van der Waals surface area contributed by atoms with E-state index in [1.807, 2.05) is 20.0 Å². The summed E-state index contributed by atoms with van der Waals surface area (Å²) in [6.45, 7) is 5.46. The molecule has 2 heterocycles. The lowest BCUT2D eigenvalue weighted by atomic mass is 10.5. The lowest BCUT2D eigenvalue weighted by molar-refractivity contribution is 0.0870. The third kappa shape index (κ3) is 3.53. The van der Waals surface area contributed by atoms with Crippen molar-refractivity contribution in [2.75, 3.05) is 18.5 Å². The van der Waals surface area contributed by atoms with Crippen LogP contribution in [0.4, 0.5) is 5.69 Å². The number of ether oxygens (including phenoxy) is 1. The van der Waals surface area contributed by atoms with Gasteiger partial charge in [-0.2, -0.15) is 5.10 Å². The fourth-order valence-electron chi connectivity index (χ4n) is 1.42. The molecule has 0 saturated heterocycles. The lowest BCUT2D eigenvalue weighted by Gasteiger charge is -2.07. The fourth-order valence-corrected chi connectivity index (χ4v) is 1.42. The van der Waals surface area contributed by atoms with Gasteiger partial charge < -0.3 is 10.1 Å². The second-order valence-electron chi connectivity index (χ2n) is 4.07. The molecule has 0 spiro atoms. The molecule has 2 aromatic rings. The number of anilines is 1. The van der Waals surface area contributed by atoms with Gasteiger partial charge in [0.25, 0.3) is 0 Å². The number of hydrogen-bond acceptors (Lipinski definition) is 5. The maximum Gasteiger partial charge on any atom is 0.250 e.